The van der Waals surface area contributed by atoms with Gasteiger partial charge in [0.2, 0.25) is 0 Å². The van der Waals surface area contributed by atoms with Crippen LogP contribution in [0.4, 0.5) is 29.5 Å². The van der Waals surface area contributed by atoms with Crippen LogP contribution in [0.15, 0.2) is 24.3 Å². The number of piperazine rings is 1. The topological polar surface area (TPSA) is 79.2 Å². The van der Waals surface area contributed by atoms with Crippen molar-refractivity contribution in [3.8, 4) is 5.82 Å². The van der Waals surface area contributed by atoms with Crippen LogP contribution < -0.4 is 10.2 Å². The third-order valence-electron chi connectivity index (χ3n) is 5.21. The number of hydrogen-bond acceptors (Lipinski definition) is 5. The minimum Gasteiger partial charge on any atom is -0.353 e. The number of hydrogen-bond donors (Lipinski definition) is 1. The van der Waals surface area contributed by atoms with E-state index in [1.807, 2.05) is 30.9 Å². The van der Waals surface area contributed by atoms with Gasteiger partial charge in [-0.15, -0.1) is 0 Å². The first-order valence-electron chi connectivity index (χ1n) is 10.1. The predicted molar refractivity (Wildman–Crippen MR) is 112 cm³/mol. The van der Waals surface area contributed by atoms with Gasteiger partial charge >= 0.3 is 6.03 Å². The molecule has 1 aromatic carbocycles. The maximum absolute atomic E-state index is 13.8. The molecule has 0 radical (unpaired) electrons. The Bertz CT molecular complexity index is 1170. The molecule has 0 atom stereocenters. The highest BCUT2D eigenvalue weighted by Gasteiger charge is 2.24. The molecule has 1 aliphatic heterocycles. The Kier molecular flexibility index (Phi) is 5.72. The number of halogens is 3. The summed E-state index contributed by atoms with van der Waals surface area (Å²) < 4.78 is 42.1. The Morgan fingerprint density at radius 3 is 2.28 bits per heavy atom. The quantitative estimate of drug-likeness (QED) is 0.626. The Labute approximate surface area is 182 Å². The highest BCUT2D eigenvalue weighted by atomic mass is 19.2. The van der Waals surface area contributed by atoms with Crippen molar-refractivity contribution < 1.29 is 18.0 Å². The lowest BCUT2D eigenvalue weighted by atomic mass is 10.2. The molecule has 1 fully saturated rings. The van der Waals surface area contributed by atoms with Crippen LogP contribution in [0.3, 0.4) is 0 Å². The third kappa shape index (κ3) is 4.23. The van der Waals surface area contributed by atoms with E-state index in [9.17, 15) is 18.0 Å². The summed E-state index contributed by atoms with van der Waals surface area (Å²) in [4.78, 5) is 25.0. The van der Waals surface area contributed by atoms with Crippen molar-refractivity contribution in [1.82, 2.24) is 24.6 Å². The van der Waals surface area contributed by atoms with Crippen LogP contribution in [-0.4, -0.2) is 56.9 Å². The van der Waals surface area contributed by atoms with Crippen molar-refractivity contribution in [2.75, 3.05) is 36.4 Å². The Morgan fingerprint density at radius 2 is 1.62 bits per heavy atom. The van der Waals surface area contributed by atoms with Crippen molar-refractivity contribution in [3.63, 3.8) is 0 Å². The first-order valence-corrected chi connectivity index (χ1v) is 10.1. The molecule has 3 heterocycles. The standard InChI is InChI=1S/C21H22F3N7O/c1-12-10-13(2)31(28-12)18-11-17(25-14(3)26-18)29-6-8-30(9-7-29)21(32)27-16-5-4-15(22)19(23)20(16)24/h4-5,10-11H,6-9H2,1-3H3,(H,27,32). The van der Waals surface area contributed by atoms with Crippen LogP contribution >= 0.6 is 0 Å². The van der Waals surface area contributed by atoms with Crippen LogP contribution in [-0.2, 0) is 0 Å². The zero-order valence-corrected chi connectivity index (χ0v) is 17.9. The van der Waals surface area contributed by atoms with Gasteiger partial charge in [0.15, 0.2) is 23.3 Å². The van der Waals surface area contributed by atoms with Gasteiger partial charge in [-0.3, -0.25) is 0 Å². The van der Waals surface area contributed by atoms with Crippen LogP contribution in [0.25, 0.3) is 5.82 Å². The summed E-state index contributed by atoms with van der Waals surface area (Å²) in [5.41, 5.74) is 1.44. The molecule has 32 heavy (non-hydrogen) atoms. The second kappa shape index (κ2) is 8.48. The van der Waals surface area contributed by atoms with E-state index >= 15 is 0 Å². The van der Waals surface area contributed by atoms with E-state index in [0.717, 1.165) is 23.5 Å². The molecule has 4 rings (SSSR count). The number of amides is 2. The number of benzene rings is 1. The highest BCUT2D eigenvalue weighted by molar-refractivity contribution is 5.89. The minimum atomic E-state index is -1.62. The minimum absolute atomic E-state index is 0.343. The number of aromatic nitrogens is 4. The first-order chi connectivity index (χ1) is 15.2. The first kappa shape index (κ1) is 21.6. The van der Waals surface area contributed by atoms with Crippen molar-refractivity contribution in [1.29, 1.82) is 0 Å². The lowest BCUT2D eigenvalue weighted by Gasteiger charge is -2.35. The molecule has 1 N–H and O–H groups in total. The summed E-state index contributed by atoms with van der Waals surface area (Å²) in [6.45, 7) is 7.32. The summed E-state index contributed by atoms with van der Waals surface area (Å²) in [6, 6.07) is 4.98. The monoisotopic (exact) mass is 445 g/mol. The van der Waals surface area contributed by atoms with Gasteiger partial charge in [-0.2, -0.15) is 5.10 Å². The molecule has 11 heteroatoms. The number of aryl methyl sites for hydroxylation is 3. The molecule has 0 bridgehead atoms. The van der Waals surface area contributed by atoms with Crippen molar-refractivity contribution in [3.05, 3.63) is 58.9 Å². The molecule has 3 aromatic rings. The Morgan fingerprint density at radius 1 is 0.938 bits per heavy atom. The lowest BCUT2D eigenvalue weighted by Crippen LogP contribution is -2.50. The zero-order valence-electron chi connectivity index (χ0n) is 17.9. The molecule has 0 spiro atoms. The fraction of sp³-hybridized carbons (Fsp3) is 0.333. The van der Waals surface area contributed by atoms with E-state index < -0.39 is 29.2 Å². The fourth-order valence-corrected chi connectivity index (χ4v) is 3.62. The second-order valence-corrected chi connectivity index (χ2v) is 7.60. The number of carbonyl (C=O) groups excluding carboxylic acids is 1. The summed E-state index contributed by atoms with van der Waals surface area (Å²) in [5.74, 6) is -2.39. The molecule has 1 saturated heterocycles. The SMILES string of the molecule is Cc1cc(C)n(-c2cc(N3CCN(C(=O)Nc4ccc(F)c(F)c4F)CC3)nc(C)n2)n1. The molecule has 1 aliphatic rings. The highest BCUT2D eigenvalue weighted by Crippen LogP contribution is 2.22. The third-order valence-corrected chi connectivity index (χ3v) is 5.21. The van der Waals surface area contributed by atoms with Crippen LogP contribution in [0, 0.1) is 38.2 Å². The molecule has 2 amide bonds. The van der Waals surface area contributed by atoms with Gasteiger partial charge in [0.25, 0.3) is 0 Å². The average molecular weight is 445 g/mol. The van der Waals surface area contributed by atoms with Crippen molar-refractivity contribution in [2.45, 2.75) is 20.8 Å². The number of rotatable bonds is 3. The molecule has 2 aromatic heterocycles. The molecule has 0 saturated carbocycles. The normalized spacial score (nSPS) is 14.1. The second-order valence-electron chi connectivity index (χ2n) is 7.60. The van der Waals surface area contributed by atoms with Crippen molar-refractivity contribution in [2.24, 2.45) is 0 Å². The number of carbonyl (C=O) groups is 1. The van der Waals surface area contributed by atoms with E-state index in [4.69, 9.17) is 0 Å². The average Bonchev–Trinajstić information content (AvgIpc) is 3.11. The van der Waals surface area contributed by atoms with E-state index in [1.165, 1.54) is 4.90 Å². The van der Waals surface area contributed by atoms with Crippen LogP contribution in [0.5, 0.6) is 0 Å². The predicted octanol–water partition coefficient (Wildman–Crippen LogP) is 3.36. The van der Waals surface area contributed by atoms with Crippen molar-refractivity contribution >= 4 is 17.5 Å². The molecule has 8 nitrogen and oxygen atoms in total. The van der Waals surface area contributed by atoms with E-state index in [-0.39, 0.29) is 0 Å². The maximum atomic E-state index is 13.8. The van der Waals surface area contributed by atoms with E-state index in [1.54, 1.807) is 11.6 Å². The zero-order chi connectivity index (χ0) is 23.0. The molecule has 0 aliphatic carbocycles. The number of nitrogens with one attached hydrogen (secondary N) is 1. The Hall–Kier alpha value is -3.63. The summed E-state index contributed by atoms with van der Waals surface area (Å²) in [7, 11) is 0. The van der Waals surface area contributed by atoms with E-state index in [0.29, 0.717) is 43.6 Å². The maximum Gasteiger partial charge on any atom is 0.322 e. The van der Waals surface area contributed by atoms with Gasteiger partial charge in [0.1, 0.15) is 11.6 Å². The van der Waals surface area contributed by atoms with Gasteiger partial charge in [0, 0.05) is 37.9 Å². The summed E-state index contributed by atoms with van der Waals surface area (Å²) in [6.07, 6.45) is 0. The van der Waals surface area contributed by atoms with Gasteiger partial charge in [-0.1, -0.05) is 0 Å². The summed E-state index contributed by atoms with van der Waals surface area (Å²) >= 11 is 0. The van der Waals surface area contributed by atoms with Crippen LogP contribution in [0.1, 0.15) is 17.2 Å². The molecular weight excluding hydrogens is 423 g/mol. The molecular formula is C21H22F3N7O. The largest absolute Gasteiger partial charge is 0.353 e. The lowest BCUT2D eigenvalue weighted by molar-refractivity contribution is 0.208. The van der Waals surface area contributed by atoms with Gasteiger partial charge < -0.3 is 15.1 Å². The van der Waals surface area contributed by atoms with Crippen LogP contribution in [0.2, 0.25) is 0 Å². The van der Waals surface area contributed by atoms with Gasteiger partial charge in [0.05, 0.1) is 11.4 Å². The molecule has 0 unspecified atom stereocenters. The molecule has 168 valence electrons. The number of nitrogens with zero attached hydrogens (tertiary/aromatic N) is 6. The smallest absolute Gasteiger partial charge is 0.322 e. The Balaban J connectivity index is 1.44. The van der Waals surface area contributed by atoms with Gasteiger partial charge in [-0.25, -0.2) is 32.6 Å². The summed E-state index contributed by atoms with van der Waals surface area (Å²) in [5, 5.41) is 6.77. The number of urea groups is 1. The van der Waals surface area contributed by atoms with Gasteiger partial charge in [-0.05, 0) is 39.0 Å². The fourth-order valence-electron chi connectivity index (χ4n) is 3.62. The number of anilines is 2. The van der Waals surface area contributed by atoms with E-state index in [2.05, 4.69) is 20.4 Å².